The maximum Gasteiger partial charge on any atom is 0.275 e. The van der Waals surface area contributed by atoms with Gasteiger partial charge >= 0.3 is 0 Å². The Balaban J connectivity index is 1.45. The maximum atomic E-state index is 12.9. The molecule has 1 aliphatic heterocycles. The van der Waals surface area contributed by atoms with E-state index in [1.807, 2.05) is 65.7 Å². The van der Waals surface area contributed by atoms with Crippen molar-refractivity contribution in [3.8, 4) is 11.1 Å². The number of rotatable bonds is 5. The first kappa shape index (κ1) is 21.5. The van der Waals surface area contributed by atoms with Crippen LogP contribution in [0.15, 0.2) is 53.9 Å². The summed E-state index contributed by atoms with van der Waals surface area (Å²) in [7, 11) is 0. The van der Waals surface area contributed by atoms with E-state index in [2.05, 4.69) is 10.3 Å². The van der Waals surface area contributed by atoms with Gasteiger partial charge in [0.05, 0.1) is 5.01 Å². The molecule has 2 heterocycles. The van der Waals surface area contributed by atoms with Gasteiger partial charge in [0.2, 0.25) is 5.91 Å². The molecule has 3 aromatic rings. The number of likely N-dealkylation sites (tertiary alicyclic amines) is 1. The molecule has 160 valence electrons. The Morgan fingerprint density at radius 2 is 1.84 bits per heavy atom. The monoisotopic (exact) mass is 453 g/mol. The summed E-state index contributed by atoms with van der Waals surface area (Å²) in [5.41, 5.74) is 3.07. The second-order valence-electron chi connectivity index (χ2n) is 7.59. The fraction of sp³-hybridized carbons (Fsp3) is 0.292. The number of aromatic nitrogens is 1. The molecule has 1 fully saturated rings. The molecule has 1 saturated heterocycles. The number of carbonyl (C=O) groups is 2. The summed E-state index contributed by atoms with van der Waals surface area (Å²) in [6.07, 6.45) is 2.32. The predicted octanol–water partition coefficient (Wildman–Crippen LogP) is 5.83. The predicted molar refractivity (Wildman–Crippen MR) is 126 cm³/mol. The summed E-state index contributed by atoms with van der Waals surface area (Å²) in [6, 6.07) is 15.2. The Morgan fingerprint density at radius 1 is 1.13 bits per heavy atom. The van der Waals surface area contributed by atoms with Gasteiger partial charge in [0, 0.05) is 47.1 Å². The van der Waals surface area contributed by atoms with Gasteiger partial charge in [-0.3, -0.25) is 9.59 Å². The van der Waals surface area contributed by atoms with Crippen molar-refractivity contribution in [2.75, 3.05) is 18.4 Å². The van der Waals surface area contributed by atoms with Crippen molar-refractivity contribution in [1.82, 2.24) is 9.88 Å². The van der Waals surface area contributed by atoms with Crippen LogP contribution in [0.1, 0.15) is 47.6 Å². The van der Waals surface area contributed by atoms with Crippen LogP contribution < -0.4 is 5.32 Å². The number of anilines is 1. The van der Waals surface area contributed by atoms with Gasteiger partial charge in [-0.2, -0.15) is 0 Å². The molecule has 31 heavy (non-hydrogen) atoms. The molecule has 1 aromatic heterocycles. The van der Waals surface area contributed by atoms with E-state index in [1.54, 1.807) is 0 Å². The first-order valence-corrected chi connectivity index (χ1v) is 11.7. The van der Waals surface area contributed by atoms with Crippen LogP contribution in [0.25, 0.3) is 11.1 Å². The zero-order valence-electron chi connectivity index (χ0n) is 17.3. The minimum absolute atomic E-state index is 0.206. The minimum atomic E-state index is -0.220. The van der Waals surface area contributed by atoms with Crippen molar-refractivity contribution < 1.29 is 9.59 Å². The summed E-state index contributed by atoms with van der Waals surface area (Å²) < 4.78 is 0. The van der Waals surface area contributed by atoms with Crippen LogP contribution in [0.3, 0.4) is 0 Å². The topological polar surface area (TPSA) is 62.3 Å². The highest BCUT2D eigenvalue weighted by molar-refractivity contribution is 7.10. The number of thiazole rings is 1. The molecule has 0 unspecified atom stereocenters. The maximum absolute atomic E-state index is 12.9. The highest BCUT2D eigenvalue weighted by Gasteiger charge is 2.25. The fourth-order valence-corrected chi connectivity index (χ4v) is 4.94. The van der Waals surface area contributed by atoms with Crippen LogP contribution in [0, 0.1) is 0 Å². The highest BCUT2D eigenvalue weighted by Crippen LogP contribution is 2.32. The van der Waals surface area contributed by atoms with Gasteiger partial charge in [0.1, 0.15) is 5.69 Å². The van der Waals surface area contributed by atoms with Gasteiger partial charge in [0.25, 0.3) is 5.91 Å². The molecule has 0 atom stereocenters. The number of amides is 2. The third-order valence-electron chi connectivity index (χ3n) is 5.58. The molecule has 0 radical (unpaired) electrons. The lowest BCUT2D eigenvalue weighted by Gasteiger charge is -2.30. The fourth-order valence-electron chi connectivity index (χ4n) is 3.84. The second-order valence-corrected chi connectivity index (χ2v) is 8.91. The van der Waals surface area contributed by atoms with Crippen LogP contribution in [-0.2, 0) is 4.79 Å². The van der Waals surface area contributed by atoms with Crippen molar-refractivity contribution in [2.24, 2.45) is 0 Å². The molecule has 0 bridgehead atoms. The standard InChI is InChI=1S/C24H24ClN3O2S/c1-2-22(29)28-13-11-17(12-14-28)24-27-21(15-31-24)23(30)26-20-6-4-3-5-19(20)16-7-9-18(25)10-8-16/h3-10,15,17H,2,11-14H2,1H3,(H,26,30). The van der Waals surface area contributed by atoms with Gasteiger partial charge in [-0.1, -0.05) is 48.9 Å². The van der Waals surface area contributed by atoms with Crippen LogP contribution >= 0.6 is 22.9 Å². The summed E-state index contributed by atoms with van der Waals surface area (Å²) in [6.45, 7) is 3.41. The van der Waals surface area contributed by atoms with Crippen LogP contribution in [0.4, 0.5) is 5.69 Å². The van der Waals surface area contributed by atoms with Crippen LogP contribution in [0.5, 0.6) is 0 Å². The summed E-state index contributed by atoms with van der Waals surface area (Å²) in [5.74, 6) is 0.285. The minimum Gasteiger partial charge on any atom is -0.343 e. The molecule has 1 N–H and O–H groups in total. The highest BCUT2D eigenvalue weighted by atomic mass is 35.5. The molecule has 0 spiro atoms. The molecular weight excluding hydrogens is 430 g/mol. The van der Waals surface area contributed by atoms with E-state index >= 15 is 0 Å². The lowest BCUT2D eigenvalue weighted by atomic mass is 9.97. The third-order valence-corrected chi connectivity index (χ3v) is 6.84. The molecule has 1 aliphatic rings. The molecule has 5 nitrogen and oxygen atoms in total. The third kappa shape index (κ3) is 4.97. The van der Waals surface area contributed by atoms with Crippen LogP contribution in [0.2, 0.25) is 5.02 Å². The molecule has 0 saturated carbocycles. The molecule has 2 aromatic carbocycles. The van der Waals surface area contributed by atoms with Gasteiger partial charge in [-0.15, -0.1) is 11.3 Å². The van der Waals surface area contributed by atoms with Gasteiger partial charge in [-0.25, -0.2) is 4.98 Å². The second kappa shape index (κ2) is 9.62. The van der Waals surface area contributed by atoms with Crippen LogP contribution in [-0.4, -0.2) is 34.8 Å². The smallest absolute Gasteiger partial charge is 0.275 e. The zero-order valence-corrected chi connectivity index (χ0v) is 18.9. The average Bonchev–Trinajstić information content (AvgIpc) is 3.30. The van der Waals surface area contributed by atoms with E-state index in [0.717, 1.165) is 47.8 Å². The van der Waals surface area contributed by atoms with Crippen molar-refractivity contribution in [1.29, 1.82) is 0 Å². The largest absolute Gasteiger partial charge is 0.343 e. The Kier molecular flexibility index (Phi) is 6.68. The van der Waals surface area contributed by atoms with Gasteiger partial charge in [0.15, 0.2) is 0 Å². The Bertz CT molecular complexity index is 1070. The molecule has 0 aliphatic carbocycles. The number of nitrogens with one attached hydrogen (secondary N) is 1. The summed E-state index contributed by atoms with van der Waals surface area (Å²) >= 11 is 7.53. The number of halogens is 1. The Labute approximate surface area is 191 Å². The normalized spacial score (nSPS) is 14.5. The lowest BCUT2D eigenvalue weighted by molar-refractivity contribution is -0.131. The van der Waals surface area contributed by atoms with E-state index in [0.29, 0.717) is 23.1 Å². The van der Waals surface area contributed by atoms with Gasteiger partial charge < -0.3 is 10.2 Å². The number of nitrogens with zero attached hydrogens (tertiary/aromatic N) is 2. The summed E-state index contributed by atoms with van der Waals surface area (Å²) in [4.78, 5) is 31.3. The number of piperidine rings is 1. The van der Waals surface area contributed by atoms with Gasteiger partial charge in [-0.05, 0) is 36.6 Å². The Hall–Kier alpha value is -2.70. The van der Waals surface area contributed by atoms with E-state index in [4.69, 9.17) is 11.6 Å². The average molecular weight is 454 g/mol. The van der Waals surface area contributed by atoms with E-state index in [1.165, 1.54) is 11.3 Å². The van der Waals surface area contributed by atoms with Crippen molar-refractivity contribution in [3.63, 3.8) is 0 Å². The SMILES string of the molecule is CCC(=O)N1CCC(c2nc(C(=O)Nc3ccccc3-c3ccc(Cl)cc3)cs2)CC1. The first-order valence-electron chi connectivity index (χ1n) is 10.4. The molecule has 2 amide bonds. The van der Waals surface area contributed by atoms with E-state index in [-0.39, 0.29) is 11.8 Å². The first-order chi connectivity index (χ1) is 15.0. The quantitative estimate of drug-likeness (QED) is 0.528. The molecule has 7 heteroatoms. The number of carbonyl (C=O) groups excluding carboxylic acids is 2. The number of benzene rings is 2. The number of hydrogen-bond acceptors (Lipinski definition) is 4. The number of hydrogen-bond donors (Lipinski definition) is 1. The molecular formula is C24H24ClN3O2S. The van der Waals surface area contributed by atoms with Crippen molar-refractivity contribution >= 4 is 40.4 Å². The van der Waals surface area contributed by atoms with Crippen molar-refractivity contribution in [2.45, 2.75) is 32.1 Å². The summed E-state index contributed by atoms with van der Waals surface area (Å²) in [5, 5.41) is 6.47. The Morgan fingerprint density at radius 3 is 2.55 bits per heavy atom. The van der Waals surface area contributed by atoms with Crippen molar-refractivity contribution in [3.05, 3.63) is 69.6 Å². The molecule has 4 rings (SSSR count). The zero-order chi connectivity index (χ0) is 21.8. The van der Waals surface area contributed by atoms with E-state index < -0.39 is 0 Å². The van der Waals surface area contributed by atoms with E-state index in [9.17, 15) is 9.59 Å². The number of para-hydroxylation sites is 1. The lowest BCUT2D eigenvalue weighted by Crippen LogP contribution is -2.37.